The minimum Gasteiger partial charge on any atom is -0.496 e. The summed E-state index contributed by atoms with van der Waals surface area (Å²) in [4.78, 5) is 0. The van der Waals surface area contributed by atoms with Crippen molar-refractivity contribution in [2.45, 2.75) is 37.3 Å². The molecule has 3 nitrogen and oxygen atoms in total. The fourth-order valence-electron chi connectivity index (χ4n) is 3.18. The Balaban J connectivity index is 1.72. The summed E-state index contributed by atoms with van der Waals surface area (Å²) < 4.78 is 11.5. The summed E-state index contributed by atoms with van der Waals surface area (Å²) in [6.45, 7) is 1.72. The molecule has 0 bridgehead atoms. The first-order valence-electron chi connectivity index (χ1n) is 6.83. The van der Waals surface area contributed by atoms with E-state index in [1.54, 1.807) is 7.11 Å². The van der Waals surface area contributed by atoms with Crippen LogP contribution in [0.25, 0.3) is 0 Å². The quantitative estimate of drug-likeness (QED) is 0.871. The first-order chi connectivity index (χ1) is 8.83. The summed E-state index contributed by atoms with van der Waals surface area (Å²) in [6, 6.07) is 8.13. The van der Waals surface area contributed by atoms with E-state index < -0.39 is 0 Å². The highest BCUT2D eigenvalue weighted by Gasteiger charge is 2.38. The molecule has 1 N–H and O–H groups in total. The Kier molecular flexibility index (Phi) is 3.27. The van der Waals surface area contributed by atoms with Gasteiger partial charge in [-0.1, -0.05) is 31.0 Å². The smallest absolute Gasteiger partial charge is 0.124 e. The van der Waals surface area contributed by atoms with Crippen LogP contribution in [-0.2, 0) is 4.74 Å². The zero-order chi connectivity index (χ0) is 12.4. The van der Waals surface area contributed by atoms with Gasteiger partial charge in [0.2, 0.25) is 0 Å². The fourth-order valence-corrected chi connectivity index (χ4v) is 3.18. The van der Waals surface area contributed by atoms with E-state index in [9.17, 15) is 0 Å². The van der Waals surface area contributed by atoms with Gasteiger partial charge in [0.25, 0.3) is 0 Å². The second-order valence-electron chi connectivity index (χ2n) is 5.41. The number of nitrogens with one attached hydrogen (secondary N) is 1. The monoisotopic (exact) mass is 247 g/mol. The molecule has 1 aromatic carbocycles. The molecule has 1 atom stereocenters. The molecule has 3 heteroatoms. The van der Waals surface area contributed by atoms with Crippen LogP contribution in [0, 0.1) is 0 Å². The van der Waals surface area contributed by atoms with Gasteiger partial charge in [0.15, 0.2) is 0 Å². The summed E-state index contributed by atoms with van der Waals surface area (Å²) in [7, 11) is 1.72. The van der Waals surface area contributed by atoms with Crippen LogP contribution >= 0.6 is 0 Å². The first kappa shape index (κ1) is 12.0. The predicted molar refractivity (Wildman–Crippen MR) is 70.9 cm³/mol. The van der Waals surface area contributed by atoms with E-state index in [0.717, 1.165) is 24.5 Å². The highest BCUT2D eigenvalue weighted by molar-refractivity contribution is 5.35. The van der Waals surface area contributed by atoms with E-state index in [0.29, 0.717) is 0 Å². The molecule has 1 saturated carbocycles. The molecule has 3 rings (SSSR count). The minimum atomic E-state index is 0.118. The maximum atomic E-state index is 6.10. The largest absolute Gasteiger partial charge is 0.496 e. The number of para-hydroxylation sites is 1. The Labute approximate surface area is 108 Å². The molecule has 1 aliphatic carbocycles. The molecule has 0 aromatic heterocycles. The van der Waals surface area contributed by atoms with Gasteiger partial charge < -0.3 is 14.8 Å². The van der Waals surface area contributed by atoms with Gasteiger partial charge in [0.1, 0.15) is 5.75 Å². The second-order valence-corrected chi connectivity index (χ2v) is 5.41. The van der Waals surface area contributed by atoms with Gasteiger partial charge in [0, 0.05) is 17.6 Å². The van der Waals surface area contributed by atoms with Crippen molar-refractivity contribution in [2.75, 3.05) is 20.3 Å². The lowest BCUT2D eigenvalue weighted by atomic mass is 9.95. The van der Waals surface area contributed by atoms with Gasteiger partial charge in [-0.3, -0.25) is 0 Å². The zero-order valence-corrected chi connectivity index (χ0v) is 10.9. The Bertz CT molecular complexity index is 403. The molecule has 1 aromatic rings. The van der Waals surface area contributed by atoms with Crippen molar-refractivity contribution in [2.24, 2.45) is 0 Å². The maximum Gasteiger partial charge on any atom is 0.124 e. The van der Waals surface area contributed by atoms with Crippen molar-refractivity contribution in [3.63, 3.8) is 0 Å². The highest BCUT2D eigenvalue weighted by atomic mass is 16.5. The average Bonchev–Trinajstić information content (AvgIpc) is 2.88. The highest BCUT2D eigenvalue weighted by Crippen LogP contribution is 2.36. The lowest BCUT2D eigenvalue weighted by Crippen LogP contribution is -2.53. The van der Waals surface area contributed by atoms with Crippen molar-refractivity contribution in [1.82, 2.24) is 5.32 Å². The Morgan fingerprint density at radius 3 is 2.72 bits per heavy atom. The normalized spacial score (nSPS) is 26.4. The average molecular weight is 247 g/mol. The van der Waals surface area contributed by atoms with Gasteiger partial charge in [-0.2, -0.15) is 0 Å². The molecule has 1 heterocycles. The van der Waals surface area contributed by atoms with Crippen molar-refractivity contribution < 1.29 is 9.47 Å². The number of hydrogen-bond acceptors (Lipinski definition) is 3. The Morgan fingerprint density at radius 2 is 2.06 bits per heavy atom. The molecule has 1 spiro atoms. The molecule has 1 aliphatic heterocycles. The molecule has 1 unspecified atom stereocenters. The van der Waals surface area contributed by atoms with Gasteiger partial charge in [-0.15, -0.1) is 0 Å². The summed E-state index contributed by atoms with van der Waals surface area (Å²) in [6.07, 6.45) is 5.29. The van der Waals surface area contributed by atoms with E-state index in [4.69, 9.17) is 9.47 Å². The standard InChI is InChI=1S/C15H21NO2/c1-17-13-7-3-2-6-12(13)14-10-16-15(11-18-14)8-4-5-9-15/h2-3,6-7,14,16H,4-5,8-11H2,1H3. The molecule has 0 radical (unpaired) electrons. The number of hydrogen-bond donors (Lipinski definition) is 1. The van der Waals surface area contributed by atoms with Crippen molar-refractivity contribution in [3.8, 4) is 5.75 Å². The van der Waals surface area contributed by atoms with E-state index in [1.807, 2.05) is 18.2 Å². The number of methoxy groups -OCH3 is 1. The number of rotatable bonds is 2. The summed E-state index contributed by atoms with van der Waals surface area (Å²) in [5.41, 5.74) is 1.42. The van der Waals surface area contributed by atoms with E-state index in [2.05, 4.69) is 11.4 Å². The van der Waals surface area contributed by atoms with Crippen LogP contribution < -0.4 is 10.1 Å². The summed E-state index contributed by atoms with van der Waals surface area (Å²) in [5, 5.41) is 3.71. The minimum absolute atomic E-state index is 0.118. The number of benzene rings is 1. The molecule has 0 amide bonds. The van der Waals surface area contributed by atoms with Crippen molar-refractivity contribution >= 4 is 0 Å². The topological polar surface area (TPSA) is 30.5 Å². The Morgan fingerprint density at radius 1 is 1.28 bits per heavy atom. The lowest BCUT2D eigenvalue weighted by molar-refractivity contribution is -0.0334. The van der Waals surface area contributed by atoms with Gasteiger partial charge in [0.05, 0.1) is 19.8 Å². The number of morpholine rings is 1. The SMILES string of the molecule is COc1ccccc1C1CNC2(CCCC2)CO1. The molecule has 2 fully saturated rings. The second kappa shape index (κ2) is 4.90. The van der Waals surface area contributed by atoms with E-state index in [-0.39, 0.29) is 11.6 Å². The summed E-state index contributed by atoms with van der Waals surface area (Å²) >= 11 is 0. The maximum absolute atomic E-state index is 6.10. The van der Waals surface area contributed by atoms with Gasteiger partial charge in [-0.25, -0.2) is 0 Å². The molecular formula is C15H21NO2. The third kappa shape index (κ3) is 2.13. The van der Waals surface area contributed by atoms with Gasteiger partial charge in [-0.05, 0) is 18.9 Å². The van der Waals surface area contributed by atoms with Crippen LogP contribution in [0.4, 0.5) is 0 Å². The predicted octanol–water partition coefficient (Wildman–Crippen LogP) is 2.67. The van der Waals surface area contributed by atoms with Crippen LogP contribution in [0.3, 0.4) is 0 Å². The van der Waals surface area contributed by atoms with Gasteiger partial charge >= 0.3 is 0 Å². The first-order valence-corrected chi connectivity index (χ1v) is 6.83. The molecule has 98 valence electrons. The summed E-state index contributed by atoms with van der Waals surface area (Å²) in [5.74, 6) is 0.923. The lowest BCUT2D eigenvalue weighted by Gasteiger charge is -2.39. The van der Waals surface area contributed by atoms with E-state index in [1.165, 1.54) is 25.7 Å². The van der Waals surface area contributed by atoms with Crippen LogP contribution in [-0.4, -0.2) is 25.8 Å². The fraction of sp³-hybridized carbons (Fsp3) is 0.600. The van der Waals surface area contributed by atoms with Crippen LogP contribution in [0.1, 0.15) is 37.4 Å². The zero-order valence-electron chi connectivity index (χ0n) is 10.9. The number of ether oxygens (including phenoxy) is 2. The molecule has 2 aliphatic rings. The van der Waals surface area contributed by atoms with Crippen LogP contribution in [0.5, 0.6) is 5.75 Å². The van der Waals surface area contributed by atoms with Crippen LogP contribution in [0.2, 0.25) is 0 Å². The van der Waals surface area contributed by atoms with Crippen LogP contribution in [0.15, 0.2) is 24.3 Å². The third-order valence-corrected chi connectivity index (χ3v) is 4.27. The van der Waals surface area contributed by atoms with Crippen molar-refractivity contribution in [3.05, 3.63) is 29.8 Å². The molecule has 18 heavy (non-hydrogen) atoms. The molecule has 1 saturated heterocycles. The van der Waals surface area contributed by atoms with Crippen molar-refractivity contribution in [1.29, 1.82) is 0 Å². The Hall–Kier alpha value is -1.06. The molecular weight excluding hydrogens is 226 g/mol. The third-order valence-electron chi connectivity index (χ3n) is 4.27. The van der Waals surface area contributed by atoms with E-state index >= 15 is 0 Å².